The Labute approximate surface area is 82.4 Å². The maximum atomic E-state index is 4.14. The van der Waals surface area contributed by atoms with Crippen molar-refractivity contribution in [3.63, 3.8) is 0 Å². The first-order valence-electron chi connectivity index (χ1n) is 3.85. The molecule has 0 aliphatic rings. The molecule has 0 saturated heterocycles. The molecule has 0 aliphatic heterocycles. The summed E-state index contributed by atoms with van der Waals surface area (Å²) in [4.78, 5) is 0. The molecule has 0 spiro atoms. The minimum Gasteiger partial charge on any atom is -0.309 e. The summed E-state index contributed by atoms with van der Waals surface area (Å²) in [7, 11) is 1.98. The summed E-state index contributed by atoms with van der Waals surface area (Å²) < 4.78 is 2.00. The zero-order valence-electron chi connectivity index (χ0n) is 7.32. The predicted octanol–water partition coefficient (Wildman–Crippen LogP) is 1.54. The summed E-state index contributed by atoms with van der Waals surface area (Å²) >= 11 is 5.87. The molecule has 68 valence electrons. The summed E-state index contributed by atoms with van der Waals surface area (Å²) in [5, 5.41) is 9.00. The first-order valence-corrected chi connectivity index (χ1v) is 5.47. The van der Waals surface area contributed by atoms with E-state index in [0.717, 1.165) is 28.9 Å². The van der Waals surface area contributed by atoms with Gasteiger partial charge < -0.3 is 4.57 Å². The minimum absolute atomic E-state index is 0.934. The zero-order valence-corrected chi connectivity index (χ0v) is 9.03. The maximum absolute atomic E-state index is 4.14. The van der Waals surface area contributed by atoms with Crippen molar-refractivity contribution in [2.75, 3.05) is 11.5 Å². The molecule has 3 nitrogen and oxygen atoms in total. The number of aryl methyl sites for hydroxylation is 1. The van der Waals surface area contributed by atoms with Crippen LogP contribution in [0.4, 0.5) is 0 Å². The van der Waals surface area contributed by atoms with Crippen LogP contribution in [-0.4, -0.2) is 26.3 Å². The topological polar surface area (TPSA) is 30.7 Å². The molecule has 1 aromatic rings. The second-order valence-electron chi connectivity index (χ2n) is 2.51. The number of rotatable bonds is 4. The third-order valence-electron chi connectivity index (χ3n) is 1.59. The van der Waals surface area contributed by atoms with Crippen LogP contribution in [-0.2, 0) is 7.05 Å². The van der Waals surface area contributed by atoms with Gasteiger partial charge in [-0.25, -0.2) is 0 Å². The molecule has 0 fully saturated rings. The Hall–Kier alpha value is -0.160. The molecule has 1 rings (SSSR count). The van der Waals surface area contributed by atoms with Crippen molar-refractivity contribution in [2.45, 2.75) is 18.5 Å². The second-order valence-corrected chi connectivity index (χ2v) is 4.02. The van der Waals surface area contributed by atoms with E-state index in [4.69, 9.17) is 0 Å². The van der Waals surface area contributed by atoms with Gasteiger partial charge in [0.25, 0.3) is 0 Å². The molecular formula is C7H13N3S2. The van der Waals surface area contributed by atoms with Crippen LogP contribution in [0.25, 0.3) is 0 Å². The summed E-state index contributed by atoms with van der Waals surface area (Å²) in [6.45, 7) is 1.95. The van der Waals surface area contributed by atoms with Crippen molar-refractivity contribution >= 4 is 24.4 Å². The van der Waals surface area contributed by atoms with Crippen molar-refractivity contribution in [1.29, 1.82) is 0 Å². The Balaban J connectivity index is 2.46. The predicted molar refractivity (Wildman–Crippen MR) is 54.9 cm³/mol. The Morgan fingerprint density at radius 3 is 2.75 bits per heavy atom. The van der Waals surface area contributed by atoms with E-state index < -0.39 is 0 Å². The van der Waals surface area contributed by atoms with Gasteiger partial charge in [0.15, 0.2) is 5.16 Å². The lowest BCUT2D eigenvalue weighted by atomic mass is 10.6. The van der Waals surface area contributed by atoms with Gasteiger partial charge in [0.05, 0.1) is 0 Å². The highest BCUT2D eigenvalue weighted by molar-refractivity contribution is 7.99. The number of aromatic nitrogens is 3. The van der Waals surface area contributed by atoms with E-state index in [-0.39, 0.29) is 0 Å². The molecule has 0 aliphatic carbocycles. The molecule has 0 saturated carbocycles. The highest BCUT2D eigenvalue weighted by atomic mass is 32.2. The van der Waals surface area contributed by atoms with Gasteiger partial charge in [-0.1, -0.05) is 11.8 Å². The van der Waals surface area contributed by atoms with Crippen LogP contribution < -0.4 is 0 Å². The Morgan fingerprint density at radius 1 is 1.50 bits per heavy atom. The largest absolute Gasteiger partial charge is 0.309 e. The van der Waals surface area contributed by atoms with Crippen LogP contribution in [0, 0.1) is 6.92 Å². The highest BCUT2D eigenvalue weighted by Gasteiger charge is 2.03. The smallest absolute Gasteiger partial charge is 0.190 e. The lowest BCUT2D eigenvalue weighted by Gasteiger charge is -1.99. The molecule has 0 atom stereocenters. The molecule has 0 radical (unpaired) electrons. The second kappa shape index (κ2) is 4.77. The van der Waals surface area contributed by atoms with E-state index in [2.05, 4.69) is 22.8 Å². The van der Waals surface area contributed by atoms with E-state index >= 15 is 0 Å². The highest BCUT2D eigenvalue weighted by Crippen LogP contribution is 2.15. The number of hydrogen-bond donors (Lipinski definition) is 1. The SMILES string of the molecule is Cc1nnc(SCCCS)n1C. The minimum atomic E-state index is 0.934. The quantitative estimate of drug-likeness (QED) is 0.457. The van der Waals surface area contributed by atoms with Gasteiger partial charge in [0, 0.05) is 12.8 Å². The third kappa shape index (κ3) is 2.42. The number of hydrogen-bond acceptors (Lipinski definition) is 4. The van der Waals surface area contributed by atoms with Crippen molar-refractivity contribution < 1.29 is 0 Å². The fourth-order valence-electron chi connectivity index (χ4n) is 0.741. The molecule has 0 aromatic carbocycles. The molecule has 5 heteroatoms. The summed E-state index contributed by atoms with van der Waals surface area (Å²) in [5.74, 6) is 2.96. The van der Waals surface area contributed by atoms with Crippen molar-refractivity contribution in [3.05, 3.63) is 5.82 Å². The van der Waals surface area contributed by atoms with Gasteiger partial charge in [-0.2, -0.15) is 12.6 Å². The lowest BCUT2D eigenvalue weighted by molar-refractivity contribution is 0.765. The first kappa shape index (κ1) is 9.92. The van der Waals surface area contributed by atoms with E-state index in [1.165, 1.54) is 0 Å². The summed E-state index contributed by atoms with van der Waals surface area (Å²) in [6.07, 6.45) is 1.11. The van der Waals surface area contributed by atoms with Crippen molar-refractivity contribution in [2.24, 2.45) is 7.05 Å². The van der Waals surface area contributed by atoms with Gasteiger partial charge in [0.1, 0.15) is 5.82 Å². The van der Waals surface area contributed by atoms with Gasteiger partial charge in [-0.3, -0.25) is 0 Å². The molecule has 1 aromatic heterocycles. The van der Waals surface area contributed by atoms with E-state index in [9.17, 15) is 0 Å². The molecule has 0 bridgehead atoms. The number of thioether (sulfide) groups is 1. The van der Waals surface area contributed by atoms with E-state index in [1.54, 1.807) is 11.8 Å². The average molecular weight is 203 g/mol. The summed E-state index contributed by atoms with van der Waals surface area (Å²) in [6, 6.07) is 0. The summed E-state index contributed by atoms with van der Waals surface area (Å²) in [5.41, 5.74) is 0. The van der Waals surface area contributed by atoms with Crippen LogP contribution in [0.2, 0.25) is 0 Å². The van der Waals surface area contributed by atoms with Gasteiger partial charge >= 0.3 is 0 Å². The fraction of sp³-hybridized carbons (Fsp3) is 0.714. The normalized spacial score (nSPS) is 10.6. The lowest BCUT2D eigenvalue weighted by Crippen LogP contribution is -1.94. The molecule has 12 heavy (non-hydrogen) atoms. The van der Waals surface area contributed by atoms with Crippen LogP contribution in [0.3, 0.4) is 0 Å². The molecule has 0 amide bonds. The third-order valence-corrected chi connectivity index (χ3v) is 3.01. The maximum Gasteiger partial charge on any atom is 0.190 e. The first-order chi connectivity index (χ1) is 5.75. The van der Waals surface area contributed by atoms with E-state index in [1.807, 2.05) is 18.5 Å². The monoisotopic (exact) mass is 203 g/mol. The average Bonchev–Trinajstić information content (AvgIpc) is 2.36. The van der Waals surface area contributed by atoms with Crippen LogP contribution >= 0.6 is 24.4 Å². The fourth-order valence-corrected chi connectivity index (χ4v) is 2.01. The molecule has 0 N–H and O–H groups in total. The molecule has 1 heterocycles. The Bertz CT molecular complexity index is 247. The molecular weight excluding hydrogens is 190 g/mol. The van der Waals surface area contributed by atoms with Crippen molar-refractivity contribution in [3.8, 4) is 0 Å². The number of nitrogens with zero attached hydrogens (tertiary/aromatic N) is 3. The Kier molecular flexibility index (Phi) is 3.94. The number of thiol groups is 1. The van der Waals surface area contributed by atoms with Gasteiger partial charge in [-0.15, -0.1) is 10.2 Å². The van der Waals surface area contributed by atoms with Gasteiger partial charge in [-0.05, 0) is 19.1 Å². The molecule has 0 unspecified atom stereocenters. The van der Waals surface area contributed by atoms with Crippen LogP contribution in [0.15, 0.2) is 5.16 Å². The Morgan fingerprint density at radius 2 is 2.25 bits per heavy atom. The zero-order chi connectivity index (χ0) is 8.97. The standard InChI is InChI=1S/C7H13N3S2/c1-6-8-9-7(10(6)2)12-5-3-4-11/h11H,3-5H2,1-2H3. The van der Waals surface area contributed by atoms with Crippen LogP contribution in [0.5, 0.6) is 0 Å². The van der Waals surface area contributed by atoms with Crippen LogP contribution in [0.1, 0.15) is 12.2 Å². The van der Waals surface area contributed by atoms with Gasteiger partial charge in [0.2, 0.25) is 0 Å². The van der Waals surface area contributed by atoms with E-state index in [0.29, 0.717) is 0 Å². The van der Waals surface area contributed by atoms with Crippen molar-refractivity contribution in [1.82, 2.24) is 14.8 Å².